The molecule has 0 aromatic heterocycles. The third-order valence-electron chi connectivity index (χ3n) is 4.87. The predicted molar refractivity (Wildman–Crippen MR) is 107 cm³/mol. The minimum absolute atomic E-state index is 0.307. The highest BCUT2D eigenvalue weighted by Crippen LogP contribution is 2.23. The summed E-state index contributed by atoms with van der Waals surface area (Å²) in [6.45, 7) is 6.92. The molecule has 0 aliphatic carbocycles. The number of anilines is 1. The fraction of sp³-hybridized carbons (Fsp3) is 0.300. The van der Waals surface area contributed by atoms with Gasteiger partial charge in [-0.3, -0.25) is 10.2 Å². The largest absolute Gasteiger partial charge is 0.368 e. The van der Waals surface area contributed by atoms with Gasteiger partial charge in [0.1, 0.15) is 0 Å². The molecule has 3 rings (SSSR count). The molecule has 0 atom stereocenters. The second kappa shape index (κ2) is 8.31. The SMILES string of the molecule is Cc1cccc(N2CCN(C(=O)NNC(=O)c3ccc(Cl)cc3)CC2)c1C. The van der Waals surface area contributed by atoms with Crippen LogP contribution in [0, 0.1) is 13.8 Å². The van der Waals surface area contributed by atoms with Crippen molar-refractivity contribution < 1.29 is 9.59 Å². The van der Waals surface area contributed by atoms with Crippen molar-refractivity contribution in [3.05, 3.63) is 64.2 Å². The van der Waals surface area contributed by atoms with Gasteiger partial charge < -0.3 is 9.80 Å². The van der Waals surface area contributed by atoms with Crippen LogP contribution < -0.4 is 15.8 Å². The van der Waals surface area contributed by atoms with Gasteiger partial charge in [0, 0.05) is 42.5 Å². The van der Waals surface area contributed by atoms with Crippen molar-refractivity contribution in [2.45, 2.75) is 13.8 Å². The van der Waals surface area contributed by atoms with E-state index in [2.05, 4.69) is 47.8 Å². The van der Waals surface area contributed by atoms with Gasteiger partial charge in [-0.15, -0.1) is 0 Å². The summed E-state index contributed by atoms with van der Waals surface area (Å²) in [5.41, 5.74) is 9.09. The molecule has 0 bridgehead atoms. The van der Waals surface area contributed by atoms with Gasteiger partial charge in [-0.05, 0) is 55.3 Å². The first-order valence-electron chi connectivity index (χ1n) is 8.87. The molecule has 3 amide bonds. The van der Waals surface area contributed by atoms with E-state index >= 15 is 0 Å². The van der Waals surface area contributed by atoms with Crippen LogP contribution in [0.4, 0.5) is 10.5 Å². The third-order valence-corrected chi connectivity index (χ3v) is 5.12. The van der Waals surface area contributed by atoms with E-state index in [0.717, 1.165) is 13.1 Å². The third kappa shape index (κ3) is 4.52. The van der Waals surface area contributed by atoms with Crippen LogP contribution in [0.15, 0.2) is 42.5 Å². The van der Waals surface area contributed by atoms with Gasteiger partial charge in [0.15, 0.2) is 0 Å². The first kappa shape index (κ1) is 19.0. The van der Waals surface area contributed by atoms with Crippen LogP contribution in [0.5, 0.6) is 0 Å². The predicted octanol–water partition coefficient (Wildman–Crippen LogP) is 3.13. The molecule has 142 valence electrons. The Kier molecular flexibility index (Phi) is 5.86. The molecule has 0 radical (unpaired) electrons. The minimum Gasteiger partial charge on any atom is -0.368 e. The fourth-order valence-electron chi connectivity index (χ4n) is 3.09. The van der Waals surface area contributed by atoms with Crippen LogP contribution in [0.2, 0.25) is 5.02 Å². The molecule has 0 spiro atoms. The molecule has 0 saturated carbocycles. The molecule has 0 unspecified atom stereocenters. The highest BCUT2D eigenvalue weighted by atomic mass is 35.5. The van der Waals surface area contributed by atoms with Crippen molar-refractivity contribution in [3.63, 3.8) is 0 Å². The number of halogens is 1. The van der Waals surface area contributed by atoms with Crippen molar-refractivity contribution in [1.82, 2.24) is 15.8 Å². The number of hydrogen-bond acceptors (Lipinski definition) is 3. The fourth-order valence-corrected chi connectivity index (χ4v) is 3.22. The van der Waals surface area contributed by atoms with Crippen molar-refractivity contribution in [1.29, 1.82) is 0 Å². The number of aryl methyl sites for hydroxylation is 1. The number of urea groups is 1. The minimum atomic E-state index is -0.381. The van der Waals surface area contributed by atoms with Gasteiger partial charge in [-0.2, -0.15) is 0 Å². The summed E-state index contributed by atoms with van der Waals surface area (Å²) in [7, 11) is 0. The Bertz CT molecular complexity index is 830. The smallest absolute Gasteiger partial charge is 0.336 e. The highest BCUT2D eigenvalue weighted by molar-refractivity contribution is 6.30. The molecule has 1 aliphatic heterocycles. The van der Waals surface area contributed by atoms with E-state index in [0.29, 0.717) is 23.7 Å². The molecular weight excluding hydrogens is 364 g/mol. The maximum Gasteiger partial charge on any atom is 0.336 e. The van der Waals surface area contributed by atoms with E-state index in [-0.39, 0.29) is 11.9 Å². The number of rotatable bonds is 2. The molecule has 1 fully saturated rings. The van der Waals surface area contributed by atoms with Crippen molar-refractivity contribution in [2.75, 3.05) is 31.1 Å². The van der Waals surface area contributed by atoms with E-state index in [1.165, 1.54) is 16.8 Å². The van der Waals surface area contributed by atoms with Crippen LogP contribution in [0.1, 0.15) is 21.5 Å². The lowest BCUT2D eigenvalue weighted by Gasteiger charge is -2.36. The molecule has 1 heterocycles. The Morgan fingerprint density at radius 3 is 2.26 bits per heavy atom. The Balaban J connectivity index is 1.50. The van der Waals surface area contributed by atoms with Crippen LogP contribution in [-0.4, -0.2) is 43.0 Å². The molecule has 6 nitrogen and oxygen atoms in total. The van der Waals surface area contributed by atoms with E-state index in [1.54, 1.807) is 29.2 Å². The number of nitrogens with one attached hydrogen (secondary N) is 2. The van der Waals surface area contributed by atoms with E-state index in [1.807, 2.05) is 0 Å². The number of carbonyl (C=O) groups is 2. The number of nitrogens with zero attached hydrogens (tertiary/aromatic N) is 2. The Morgan fingerprint density at radius 1 is 0.926 bits per heavy atom. The van der Waals surface area contributed by atoms with E-state index in [4.69, 9.17) is 11.6 Å². The van der Waals surface area contributed by atoms with Crippen LogP contribution >= 0.6 is 11.6 Å². The van der Waals surface area contributed by atoms with Gasteiger partial charge in [0.2, 0.25) is 0 Å². The standard InChI is InChI=1S/C20H23ClN4O2/c1-14-4-3-5-18(15(14)2)24-10-12-25(13-11-24)20(27)23-22-19(26)16-6-8-17(21)9-7-16/h3-9H,10-13H2,1-2H3,(H,22,26)(H,23,27). The maximum atomic E-state index is 12.3. The summed E-state index contributed by atoms with van der Waals surface area (Å²) < 4.78 is 0. The van der Waals surface area contributed by atoms with Gasteiger partial charge in [0.05, 0.1) is 0 Å². The quantitative estimate of drug-likeness (QED) is 0.779. The number of amides is 3. The Labute approximate surface area is 164 Å². The lowest BCUT2D eigenvalue weighted by atomic mass is 10.1. The first-order valence-corrected chi connectivity index (χ1v) is 9.25. The summed E-state index contributed by atoms with van der Waals surface area (Å²) in [4.78, 5) is 28.4. The number of hydrazine groups is 1. The van der Waals surface area contributed by atoms with Crippen molar-refractivity contribution >= 4 is 29.2 Å². The average Bonchev–Trinajstić information content (AvgIpc) is 2.68. The Hall–Kier alpha value is -2.73. The zero-order valence-corrected chi connectivity index (χ0v) is 16.2. The van der Waals surface area contributed by atoms with Gasteiger partial charge in [-0.25, -0.2) is 10.2 Å². The van der Waals surface area contributed by atoms with Gasteiger partial charge in [-0.1, -0.05) is 23.7 Å². The number of benzene rings is 2. The highest BCUT2D eigenvalue weighted by Gasteiger charge is 2.22. The second-order valence-corrected chi connectivity index (χ2v) is 7.02. The molecule has 2 aromatic carbocycles. The molecule has 27 heavy (non-hydrogen) atoms. The van der Waals surface area contributed by atoms with Crippen LogP contribution in [-0.2, 0) is 0 Å². The number of hydrogen-bond donors (Lipinski definition) is 2. The zero-order valence-electron chi connectivity index (χ0n) is 15.5. The summed E-state index contributed by atoms with van der Waals surface area (Å²) in [5.74, 6) is -0.381. The maximum absolute atomic E-state index is 12.3. The topological polar surface area (TPSA) is 64.7 Å². The summed E-state index contributed by atoms with van der Waals surface area (Å²) in [5, 5.41) is 0.553. The lowest BCUT2D eigenvalue weighted by molar-refractivity contribution is 0.0929. The zero-order chi connectivity index (χ0) is 19.4. The van der Waals surface area contributed by atoms with Gasteiger partial charge >= 0.3 is 6.03 Å². The summed E-state index contributed by atoms with van der Waals surface area (Å²) in [6.07, 6.45) is 0. The van der Waals surface area contributed by atoms with Crippen LogP contribution in [0.3, 0.4) is 0 Å². The normalized spacial score (nSPS) is 14.0. The summed E-state index contributed by atoms with van der Waals surface area (Å²) >= 11 is 5.81. The molecule has 2 aromatic rings. The Morgan fingerprint density at radius 2 is 1.59 bits per heavy atom. The molecule has 1 aliphatic rings. The summed E-state index contributed by atoms with van der Waals surface area (Å²) in [6, 6.07) is 12.4. The monoisotopic (exact) mass is 386 g/mol. The van der Waals surface area contributed by atoms with Crippen molar-refractivity contribution in [2.24, 2.45) is 0 Å². The number of carbonyl (C=O) groups excluding carboxylic acids is 2. The average molecular weight is 387 g/mol. The van der Waals surface area contributed by atoms with Crippen LogP contribution in [0.25, 0.3) is 0 Å². The molecule has 2 N–H and O–H groups in total. The van der Waals surface area contributed by atoms with Crippen molar-refractivity contribution in [3.8, 4) is 0 Å². The molecule has 1 saturated heterocycles. The number of piperazine rings is 1. The van der Waals surface area contributed by atoms with E-state index < -0.39 is 0 Å². The van der Waals surface area contributed by atoms with Gasteiger partial charge in [0.25, 0.3) is 5.91 Å². The van der Waals surface area contributed by atoms with E-state index in [9.17, 15) is 9.59 Å². The molecular formula is C20H23ClN4O2. The molecule has 7 heteroatoms. The first-order chi connectivity index (χ1) is 13.0. The lowest BCUT2D eigenvalue weighted by Crippen LogP contribution is -2.55. The second-order valence-electron chi connectivity index (χ2n) is 6.58.